The zero-order valence-corrected chi connectivity index (χ0v) is 16.6. The smallest absolute Gasteiger partial charge is 0.406 e. The summed E-state index contributed by atoms with van der Waals surface area (Å²) in [4.78, 5) is 25.5. The molecule has 4 rings (SSSR count). The number of aromatic nitrogens is 4. The molecule has 164 valence electrons. The van der Waals surface area contributed by atoms with Gasteiger partial charge in [-0.25, -0.2) is 4.68 Å². The number of ether oxygens (including phenoxy) is 1. The summed E-state index contributed by atoms with van der Waals surface area (Å²) in [6.07, 6.45) is -4.83. The number of carbonyl (C=O) groups excluding carboxylic acids is 1. The first-order valence-electron chi connectivity index (χ1n) is 9.37. The number of hydrogen-bond donors (Lipinski definition) is 2. The number of anilines is 2. The maximum atomic E-state index is 12.9. The van der Waals surface area contributed by atoms with E-state index in [0.29, 0.717) is 22.4 Å². The minimum Gasteiger partial charge on any atom is -0.406 e. The summed E-state index contributed by atoms with van der Waals surface area (Å²) >= 11 is 0. The first-order chi connectivity index (χ1) is 15.2. The number of H-pyrrole nitrogens is 1. The number of ketones is 1. The molecule has 0 saturated heterocycles. The van der Waals surface area contributed by atoms with Crippen molar-refractivity contribution in [1.82, 2.24) is 20.0 Å². The standard InChI is InChI=1S/C21H16F3N5O3/c1-12-10-18(27-26-12)25-19-15-4-2-3-5-16(15)20(31)29(28-19)11-17(30)13-6-8-14(9-7-13)32-21(22,23)24/h2-10H,11H2,1H3,(H2,25,26,27,28). The molecule has 0 radical (unpaired) electrons. The molecule has 0 saturated carbocycles. The second-order valence-electron chi connectivity index (χ2n) is 6.91. The van der Waals surface area contributed by atoms with E-state index in [2.05, 4.69) is 25.3 Å². The molecule has 0 fully saturated rings. The summed E-state index contributed by atoms with van der Waals surface area (Å²) < 4.78 is 41.7. The van der Waals surface area contributed by atoms with Crippen LogP contribution in [-0.2, 0) is 6.54 Å². The lowest BCUT2D eigenvalue weighted by atomic mass is 10.1. The highest BCUT2D eigenvalue weighted by atomic mass is 19.4. The van der Waals surface area contributed by atoms with Crippen LogP contribution in [0, 0.1) is 6.92 Å². The Morgan fingerprint density at radius 3 is 2.44 bits per heavy atom. The number of alkyl halides is 3. The van der Waals surface area contributed by atoms with Crippen molar-refractivity contribution in [3.8, 4) is 5.75 Å². The number of aryl methyl sites for hydroxylation is 1. The molecule has 0 bridgehead atoms. The van der Waals surface area contributed by atoms with Crippen molar-refractivity contribution >= 4 is 28.2 Å². The molecular weight excluding hydrogens is 427 g/mol. The first kappa shape index (κ1) is 21.1. The molecule has 11 heteroatoms. The summed E-state index contributed by atoms with van der Waals surface area (Å²) in [5.74, 6) is -0.142. The van der Waals surface area contributed by atoms with Crippen molar-refractivity contribution in [2.75, 3.05) is 5.32 Å². The van der Waals surface area contributed by atoms with Crippen molar-refractivity contribution in [2.24, 2.45) is 0 Å². The number of rotatable bonds is 6. The predicted molar refractivity (Wildman–Crippen MR) is 110 cm³/mol. The molecule has 2 aromatic heterocycles. The molecule has 2 heterocycles. The zero-order valence-electron chi connectivity index (χ0n) is 16.6. The van der Waals surface area contributed by atoms with Crippen LogP contribution in [0.4, 0.5) is 24.8 Å². The van der Waals surface area contributed by atoms with Gasteiger partial charge in [0.15, 0.2) is 17.4 Å². The minimum absolute atomic E-state index is 0.110. The van der Waals surface area contributed by atoms with Crippen molar-refractivity contribution in [3.63, 3.8) is 0 Å². The summed E-state index contributed by atoms with van der Waals surface area (Å²) in [5.41, 5.74) is 0.451. The van der Waals surface area contributed by atoms with Crippen molar-refractivity contribution < 1.29 is 22.7 Å². The number of nitrogens with zero attached hydrogens (tertiary/aromatic N) is 3. The van der Waals surface area contributed by atoms with Gasteiger partial charge in [-0.3, -0.25) is 14.7 Å². The van der Waals surface area contributed by atoms with Gasteiger partial charge < -0.3 is 10.1 Å². The van der Waals surface area contributed by atoms with Crippen LogP contribution in [0.3, 0.4) is 0 Å². The highest BCUT2D eigenvalue weighted by Crippen LogP contribution is 2.24. The van der Waals surface area contributed by atoms with Gasteiger partial charge in [-0.15, -0.1) is 13.2 Å². The van der Waals surface area contributed by atoms with E-state index in [1.807, 2.05) is 6.92 Å². The Morgan fingerprint density at radius 2 is 1.81 bits per heavy atom. The van der Waals surface area contributed by atoms with Crippen LogP contribution in [0.1, 0.15) is 16.1 Å². The van der Waals surface area contributed by atoms with Gasteiger partial charge in [-0.1, -0.05) is 18.2 Å². The Morgan fingerprint density at radius 1 is 1.12 bits per heavy atom. The van der Waals surface area contributed by atoms with E-state index >= 15 is 0 Å². The Bertz CT molecular complexity index is 1340. The second kappa shape index (κ2) is 8.17. The molecule has 0 aliphatic rings. The van der Waals surface area contributed by atoms with Crippen LogP contribution >= 0.6 is 0 Å². The van der Waals surface area contributed by atoms with Crippen molar-refractivity contribution in [2.45, 2.75) is 19.8 Å². The zero-order chi connectivity index (χ0) is 22.9. The molecule has 4 aromatic rings. The summed E-state index contributed by atoms with van der Waals surface area (Å²) in [6, 6.07) is 13.0. The van der Waals surface area contributed by atoms with Crippen LogP contribution in [0.15, 0.2) is 59.4 Å². The number of benzene rings is 2. The molecule has 0 atom stereocenters. The third kappa shape index (κ3) is 4.61. The number of fused-ring (bicyclic) bond motifs is 1. The lowest BCUT2D eigenvalue weighted by Gasteiger charge is -2.12. The van der Waals surface area contributed by atoms with E-state index in [9.17, 15) is 22.8 Å². The van der Waals surface area contributed by atoms with Gasteiger partial charge in [0.1, 0.15) is 12.3 Å². The fourth-order valence-electron chi connectivity index (χ4n) is 3.11. The molecule has 0 spiro atoms. The van der Waals surface area contributed by atoms with Gasteiger partial charge in [0, 0.05) is 22.7 Å². The van der Waals surface area contributed by atoms with Gasteiger partial charge in [0.05, 0.1) is 5.39 Å². The monoisotopic (exact) mass is 443 g/mol. The van der Waals surface area contributed by atoms with E-state index in [1.54, 1.807) is 30.3 Å². The summed E-state index contributed by atoms with van der Waals surface area (Å²) in [7, 11) is 0. The first-order valence-corrected chi connectivity index (χ1v) is 9.37. The largest absolute Gasteiger partial charge is 0.573 e. The van der Waals surface area contributed by atoms with E-state index in [1.165, 1.54) is 12.1 Å². The Hall–Kier alpha value is -4.15. The third-order valence-corrected chi connectivity index (χ3v) is 4.52. The molecule has 32 heavy (non-hydrogen) atoms. The number of carbonyl (C=O) groups is 1. The minimum atomic E-state index is -4.83. The summed E-state index contributed by atoms with van der Waals surface area (Å²) in [6.45, 7) is 1.42. The van der Waals surface area contributed by atoms with E-state index < -0.39 is 30.0 Å². The lowest BCUT2D eigenvalue weighted by Crippen LogP contribution is -2.27. The fraction of sp³-hybridized carbons (Fsp3) is 0.143. The SMILES string of the molecule is Cc1cc(Nc2nn(CC(=O)c3ccc(OC(F)(F)F)cc3)c(=O)c3ccccc23)n[nH]1. The van der Waals surface area contributed by atoms with Crippen LogP contribution in [0.5, 0.6) is 5.75 Å². The Labute approximate surface area is 178 Å². The fourth-order valence-corrected chi connectivity index (χ4v) is 3.11. The normalized spacial score (nSPS) is 11.5. The van der Waals surface area contributed by atoms with Crippen LogP contribution in [0.25, 0.3) is 10.8 Å². The topological polar surface area (TPSA) is 102 Å². The molecule has 2 N–H and O–H groups in total. The molecule has 0 aliphatic carbocycles. The summed E-state index contributed by atoms with van der Waals surface area (Å²) in [5, 5.41) is 15.1. The second-order valence-corrected chi connectivity index (χ2v) is 6.91. The van der Waals surface area contributed by atoms with Crippen molar-refractivity contribution in [1.29, 1.82) is 0 Å². The van der Waals surface area contributed by atoms with Gasteiger partial charge in [0.25, 0.3) is 5.56 Å². The maximum absolute atomic E-state index is 12.9. The number of nitrogens with one attached hydrogen (secondary N) is 2. The average molecular weight is 443 g/mol. The highest BCUT2D eigenvalue weighted by Gasteiger charge is 2.31. The number of hydrogen-bond acceptors (Lipinski definition) is 6. The molecule has 0 unspecified atom stereocenters. The van der Waals surface area contributed by atoms with Crippen molar-refractivity contribution in [3.05, 3.63) is 76.2 Å². The van der Waals surface area contributed by atoms with E-state index in [-0.39, 0.29) is 5.56 Å². The number of Topliss-reactive ketones (excluding diaryl/α,β-unsaturated/α-hetero) is 1. The number of aromatic amines is 1. The predicted octanol–water partition coefficient (Wildman–Crippen LogP) is 3.95. The van der Waals surface area contributed by atoms with Gasteiger partial charge in [-0.2, -0.15) is 10.2 Å². The van der Waals surface area contributed by atoms with Gasteiger partial charge in [-0.05, 0) is 37.3 Å². The molecule has 8 nitrogen and oxygen atoms in total. The molecular formula is C21H16F3N5O3. The average Bonchev–Trinajstić information content (AvgIpc) is 3.15. The Kier molecular flexibility index (Phi) is 5.39. The maximum Gasteiger partial charge on any atom is 0.573 e. The lowest BCUT2D eigenvalue weighted by molar-refractivity contribution is -0.274. The molecule has 0 amide bonds. The van der Waals surface area contributed by atoms with E-state index in [4.69, 9.17) is 0 Å². The Balaban J connectivity index is 1.64. The molecule has 2 aromatic carbocycles. The van der Waals surface area contributed by atoms with E-state index in [0.717, 1.165) is 22.5 Å². The molecule has 0 aliphatic heterocycles. The number of halogens is 3. The van der Waals surface area contributed by atoms with Crippen LogP contribution < -0.4 is 15.6 Å². The quantitative estimate of drug-likeness (QED) is 0.438. The van der Waals surface area contributed by atoms with Gasteiger partial charge in [0.2, 0.25) is 0 Å². The van der Waals surface area contributed by atoms with Crippen LogP contribution in [-0.4, -0.2) is 32.1 Å². The van der Waals surface area contributed by atoms with Gasteiger partial charge >= 0.3 is 6.36 Å². The van der Waals surface area contributed by atoms with Crippen LogP contribution in [0.2, 0.25) is 0 Å². The third-order valence-electron chi connectivity index (χ3n) is 4.52. The highest BCUT2D eigenvalue weighted by molar-refractivity contribution is 5.96.